The number of nitrogens with zero attached hydrogens (tertiary/aromatic N) is 2. The van der Waals surface area contributed by atoms with E-state index in [9.17, 15) is 4.79 Å². The molecule has 150 valence electrons. The molecule has 2 fully saturated rings. The summed E-state index contributed by atoms with van der Waals surface area (Å²) >= 11 is 0. The van der Waals surface area contributed by atoms with Crippen LogP contribution in [0.15, 0.2) is 30.3 Å². The van der Waals surface area contributed by atoms with Crippen LogP contribution in [0, 0.1) is 0 Å². The van der Waals surface area contributed by atoms with Gasteiger partial charge in [-0.05, 0) is 44.5 Å². The van der Waals surface area contributed by atoms with Gasteiger partial charge in [0.25, 0.3) is 0 Å². The molecule has 2 aliphatic rings. The van der Waals surface area contributed by atoms with Crippen molar-refractivity contribution in [1.82, 2.24) is 15.1 Å². The number of amides is 1. The second kappa shape index (κ2) is 11.4. The maximum absolute atomic E-state index is 12.4. The van der Waals surface area contributed by atoms with E-state index in [0.717, 1.165) is 52.4 Å². The average molecular weight is 374 g/mol. The molecule has 1 aromatic rings. The van der Waals surface area contributed by atoms with E-state index < -0.39 is 0 Å². The molecule has 1 atom stereocenters. The van der Waals surface area contributed by atoms with Gasteiger partial charge in [-0.3, -0.25) is 14.6 Å². The van der Waals surface area contributed by atoms with E-state index >= 15 is 0 Å². The minimum absolute atomic E-state index is 0.180. The lowest BCUT2D eigenvalue weighted by atomic mass is 10.0. The van der Waals surface area contributed by atoms with Crippen molar-refractivity contribution in [1.29, 1.82) is 0 Å². The van der Waals surface area contributed by atoms with E-state index in [2.05, 4.69) is 45.4 Å². The summed E-state index contributed by atoms with van der Waals surface area (Å²) in [6.45, 7) is 7.59. The quantitative estimate of drug-likeness (QED) is 0.761. The molecule has 1 aromatic carbocycles. The van der Waals surface area contributed by atoms with Crippen LogP contribution in [0.3, 0.4) is 0 Å². The van der Waals surface area contributed by atoms with E-state index in [1.807, 2.05) is 0 Å². The normalized spacial score (nSPS) is 20.7. The van der Waals surface area contributed by atoms with Gasteiger partial charge in [-0.2, -0.15) is 0 Å². The van der Waals surface area contributed by atoms with Gasteiger partial charge in [0, 0.05) is 26.1 Å². The first kappa shape index (κ1) is 20.3. The van der Waals surface area contributed by atoms with E-state index in [1.165, 1.54) is 31.2 Å². The zero-order valence-corrected chi connectivity index (χ0v) is 16.6. The number of nitrogens with one attached hydrogen (secondary N) is 1. The number of morpholine rings is 1. The minimum Gasteiger partial charge on any atom is -0.379 e. The van der Waals surface area contributed by atoms with E-state index in [4.69, 9.17) is 4.74 Å². The lowest BCUT2D eigenvalue weighted by Crippen LogP contribution is -2.39. The summed E-state index contributed by atoms with van der Waals surface area (Å²) in [5.74, 6) is 0.180. The summed E-state index contributed by atoms with van der Waals surface area (Å²) in [6.07, 6.45) is 6.70. The summed E-state index contributed by atoms with van der Waals surface area (Å²) in [4.78, 5) is 17.4. The Bertz CT molecular complexity index is 538. The van der Waals surface area contributed by atoms with E-state index in [-0.39, 0.29) is 11.9 Å². The Balaban J connectivity index is 1.47. The first-order valence-corrected chi connectivity index (χ1v) is 10.7. The molecule has 0 aliphatic carbocycles. The zero-order valence-electron chi connectivity index (χ0n) is 16.6. The summed E-state index contributed by atoms with van der Waals surface area (Å²) in [6, 6.07) is 10.9. The van der Waals surface area contributed by atoms with Crippen LogP contribution < -0.4 is 5.32 Å². The van der Waals surface area contributed by atoms with Gasteiger partial charge in [0.05, 0.1) is 19.3 Å². The SMILES string of the molecule is O=C(CCCN1CCOCC1)NC[C@@H](c1ccccc1)N1CCCCCC1. The van der Waals surface area contributed by atoms with Crippen molar-refractivity contribution in [3.05, 3.63) is 35.9 Å². The van der Waals surface area contributed by atoms with Crippen LogP contribution in [-0.4, -0.2) is 68.2 Å². The van der Waals surface area contributed by atoms with Crippen molar-refractivity contribution in [3.63, 3.8) is 0 Å². The van der Waals surface area contributed by atoms with Crippen molar-refractivity contribution in [2.75, 3.05) is 52.5 Å². The van der Waals surface area contributed by atoms with E-state index in [0.29, 0.717) is 13.0 Å². The molecule has 27 heavy (non-hydrogen) atoms. The molecule has 1 amide bonds. The topological polar surface area (TPSA) is 44.8 Å². The lowest BCUT2D eigenvalue weighted by molar-refractivity contribution is -0.121. The van der Waals surface area contributed by atoms with Crippen molar-refractivity contribution in [3.8, 4) is 0 Å². The highest BCUT2D eigenvalue weighted by Gasteiger charge is 2.22. The predicted octanol–water partition coefficient (Wildman–Crippen LogP) is 2.83. The van der Waals surface area contributed by atoms with Crippen molar-refractivity contribution in [2.24, 2.45) is 0 Å². The second-order valence-corrected chi connectivity index (χ2v) is 7.74. The number of benzene rings is 1. The zero-order chi connectivity index (χ0) is 18.7. The number of hydrogen-bond acceptors (Lipinski definition) is 4. The Hall–Kier alpha value is -1.43. The number of likely N-dealkylation sites (tertiary alicyclic amines) is 1. The van der Waals surface area contributed by atoms with Crippen LogP contribution in [0.2, 0.25) is 0 Å². The van der Waals surface area contributed by atoms with Gasteiger partial charge in [0.2, 0.25) is 5.91 Å². The average Bonchev–Trinajstić information content (AvgIpc) is 2.99. The molecule has 0 unspecified atom stereocenters. The van der Waals surface area contributed by atoms with E-state index in [1.54, 1.807) is 0 Å². The lowest BCUT2D eigenvalue weighted by Gasteiger charge is -2.31. The number of carbonyl (C=O) groups excluding carboxylic acids is 1. The largest absolute Gasteiger partial charge is 0.379 e. The predicted molar refractivity (Wildman–Crippen MR) is 109 cm³/mol. The van der Waals surface area contributed by atoms with Crippen LogP contribution in [0.25, 0.3) is 0 Å². The summed E-state index contributed by atoms with van der Waals surface area (Å²) < 4.78 is 5.37. The molecule has 2 aliphatic heterocycles. The summed E-state index contributed by atoms with van der Waals surface area (Å²) in [7, 11) is 0. The van der Waals surface area contributed by atoms with Crippen molar-refractivity contribution < 1.29 is 9.53 Å². The molecule has 1 N–H and O–H groups in total. The Kier molecular flexibility index (Phi) is 8.59. The highest BCUT2D eigenvalue weighted by molar-refractivity contribution is 5.75. The summed E-state index contributed by atoms with van der Waals surface area (Å²) in [5.41, 5.74) is 1.31. The van der Waals surface area contributed by atoms with Gasteiger partial charge in [0.15, 0.2) is 0 Å². The third-order valence-electron chi connectivity index (χ3n) is 5.74. The van der Waals surface area contributed by atoms with Gasteiger partial charge in [-0.1, -0.05) is 43.2 Å². The fourth-order valence-electron chi connectivity index (χ4n) is 4.13. The van der Waals surface area contributed by atoms with Gasteiger partial charge < -0.3 is 10.1 Å². The molecule has 3 rings (SSSR count). The molecule has 0 radical (unpaired) electrons. The third-order valence-corrected chi connectivity index (χ3v) is 5.74. The fraction of sp³-hybridized carbons (Fsp3) is 0.682. The Morgan fingerprint density at radius 1 is 1.00 bits per heavy atom. The first-order chi connectivity index (χ1) is 13.3. The Labute approximate surface area is 164 Å². The smallest absolute Gasteiger partial charge is 0.220 e. The monoisotopic (exact) mass is 373 g/mol. The minimum atomic E-state index is 0.180. The standard InChI is InChI=1S/C22H35N3O2/c26-22(11-8-12-24-15-17-27-18-16-24)23-19-21(20-9-4-3-5-10-20)25-13-6-1-2-7-14-25/h3-5,9-10,21H,1-2,6-8,11-19H2,(H,23,26)/t21-/m0/s1. The molecule has 5 heteroatoms. The molecular weight excluding hydrogens is 338 g/mol. The molecule has 5 nitrogen and oxygen atoms in total. The van der Waals surface area contributed by atoms with Gasteiger partial charge in [-0.15, -0.1) is 0 Å². The Morgan fingerprint density at radius 3 is 2.41 bits per heavy atom. The Morgan fingerprint density at radius 2 is 1.70 bits per heavy atom. The number of ether oxygens (including phenoxy) is 1. The number of rotatable bonds is 8. The van der Waals surface area contributed by atoms with Crippen LogP contribution in [0.5, 0.6) is 0 Å². The highest BCUT2D eigenvalue weighted by atomic mass is 16.5. The number of hydrogen-bond donors (Lipinski definition) is 1. The maximum Gasteiger partial charge on any atom is 0.220 e. The third kappa shape index (κ3) is 6.91. The number of carbonyl (C=O) groups is 1. The molecule has 0 spiro atoms. The van der Waals surface area contributed by atoms with Crippen molar-refractivity contribution in [2.45, 2.75) is 44.6 Å². The van der Waals surface area contributed by atoms with Crippen LogP contribution in [0.1, 0.15) is 50.1 Å². The van der Waals surface area contributed by atoms with Gasteiger partial charge in [0.1, 0.15) is 0 Å². The molecule has 0 bridgehead atoms. The van der Waals surface area contributed by atoms with Gasteiger partial charge >= 0.3 is 0 Å². The van der Waals surface area contributed by atoms with Crippen LogP contribution in [-0.2, 0) is 9.53 Å². The molecule has 2 saturated heterocycles. The second-order valence-electron chi connectivity index (χ2n) is 7.74. The van der Waals surface area contributed by atoms with Gasteiger partial charge in [-0.25, -0.2) is 0 Å². The molecule has 0 saturated carbocycles. The van der Waals surface area contributed by atoms with Crippen molar-refractivity contribution >= 4 is 5.91 Å². The fourth-order valence-corrected chi connectivity index (χ4v) is 4.13. The first-order valence-electron chi connectivity index (χ1n) is 10.7. The molecule has 2 heterocycles. The summed E-state index contributed by atoms with van der Waals surface area (Å²) in [5, 5.41) is 3.21. The highest BCUT2D eigenvalue weighted by Crippen LogP contribution is 2.23. The maximum atomic E-state index is 12.4. The van der Waals surface area contributed by atoms with Crippen LogP contribution in [0.4, 0.5) is 0 Å². The molecular formula is C22H35N3O2. The molecule has 0 aromatic heterocycles. The van der Waals surface area contributed by atoms with Crippen LogP contribution >= 0.6 is 0 Å².